The molecule has 0 spiro atoms. The average molecular weight is 375 g/mol. The lowest BCUT2D eigenvalue weighted by Gasteiger charge is -2.03. The van der Waals surface area contributed by atoms with Crippen molar-refractivity contribution in [3.63, 3.8) is 0 Å². The van der Waals surface area contributed by atoms with E-state index in [0.717, 1.165) is 48.7 Å². The van der Waals surface area contributed by atoms with Gasteiger partial charge in [0, 0.05) is 33.2 Å². The molecule has 24 heavy (non-hydrogen) atoms. The zero-order valence-electron chi connectivity index (χ0n) is 12.5. The predicted molar refractivity (Wildman–Crippen MR) is 99.8 cm³/mol. The molecule has 0 aliphatic rings. The van der Waals surface area contributed by atoms with Crippen LogP contribution in [0.3, 0.4) is 0 Å². The van der Waals surface area contributed by atoms with Crippen molar-refractivity contribution >= 4 is 48.8 Å². The van der Waals surface area contributed by atoms with Gasteiger partial charge in [0.2, 0.25) is 0 Å². The fourth-order valence-corrected chi connectivity index (χ4v) is 3.60. The van der Waals surface area contributed by atoms with E-state index in [0.29, 0.717) is 0 Å². The molecule has 5 heteroatoms. The number of benzene rings is 2. The van der Waals surface area contributed by atoms with Crippen LogP contribution in [-0.2, 0) is 0 Å². The molecule has 0 radical (unpaired) electrons. The third-order valence-electron chi connectivity index (χ3n) is 4.20. The summed E-state index contributed by atoms with van der Waals surface area (Å²) in [7, 11) is 0. The summed E-state index contributed by atoms with van der Waals surface area (Å²) in [5.41, 5.74) is 4.71. The van der Waals surface area contributed by atoms with Crippen LogP contribution in [0.15, 0.2) is 65.4 Å². The highest BCUT2D eigenvalue weighted by molar-refractivity contribution is 9.10. The van der Waals surface area contributed by atoms with Gasteiger partial charge < -0.3 is 4.98 Å². The van der Waals surface area contributed by atoms with Crippen LogP contribution in [-0.4, -0.2) is 19.9 Å². The van der Waals surface area contributed by atoms with Crippen molar-refractivity contribution in [3.05, 3.63) is 65.4 Å². The molecule has 1 N–H and O–H groups in total. The van der Waals surface area contributed by atoms with Gasteiger partial charge >= 0.3 is 0 Å². The van der Waals surface area contributed by atoms with E-state index in [-0.39, 0.29) is 0 Å². The fraction of sp³-hybridized carbons (Fsp3) is 0. The molecule has 114 valence electrons. The number of pyridine rings is 2. The van der Waals surface area contributed by atoms with Crippen LogP contribution < -0.4 is 0 Å². The smallest absolute Gasteiger partial charge is 0.139 e. The Balaban J connectivity index is 1.98. The first-order valence-corrected chi connectivity index (χ1v) is 8.38. The van der Waals surface area contributed by atoms with Crippen molar-refractivity contribution in [2.75, 3.05) is 0 Å². The van der Waals surface area contributed by atoms with Crippen molar-refractivity contribution in [2.45, 2.75) is 0 Å². The van der Waals surface area contributed by atoms with E-state index in [1.807, 2.05) is 42.5 Å². The van der Waals surface area contributed by atoms with E-state index in [2.05, 4.69) is 36.9 Å². The maximum Gasteiger partial charge on any atom is 0.139 e. The summed E-state index contributed by atoms with van der Waals surface area (Å²) in [6, 6.07) is 16.0. The van der Waals surface area contributed by atoms with Gasteiger partial charge in [-0.1, -0.05) is 34.1 Å². The zero-order valence-corrected chi connectivity index (χ0v) is 14.1. The molecule has 0 aliphatic carbocycles. The number of imidazole rings is 1. The van der Waals surface area contributed by atoms with Gasteiger partial charge in [0.25, 0.3) is 0 Å². The fourth-order valence-electron chi connectivity index (χ4n) is 3.12. The lowest BCUT2D eigenvalue weighted by Crippen LogP contribution is -1.86. The van der Waals surface area contributed by atoms with Crippen LogP contribution in [0.25, 0.3) is 44.2 Å². The van der Waals surface area contributed by atoms with Gasteiger partial charge in [-0.05, 0) is 30.3 Å². The summed E-state index contributed by atoms with van der Waals surface area (Å²) in [5.74, 6) is 0.832. The Bertz CT molecular complexity index is 1150. The first-order chi connectivity index (χ1) is 11.8. The zero-order chi connectivity index (χ0) is 16.1. The number of nitrogens with zero attached hydrogens (tertiary/aromatic N) is 3. The molecule has 3 heterocycles. The first kappa shape index (κ1) is 13.6. The van der Waals surface area contributed by atoms with Crippen LogP contribution in [0.2, 0.25) is 0 Å². The van der Waals surface area contributed by atoms with Crippen molar-refractivity contribution in [3.8, 4) is 11.4 Å². The summed E-state index contributed by atoms with van der Waals surface area (Å²) in [6.07, 6.45) is 3.59. The minimum Gasteiger partial charge on any atom is -0.337 e. The molecule has 5 rings (SSSR count). The maximum absolute atomic E-state index is 4.87. The number of hydrogen-bond donors (Lipinski definition) is 1. The van der Waals surface area contributed by atoms with Gasteiger partial charge in [-0.15, -0.1) is 0 Å². The van der Waals surface area contributed by atoms with Crippen LogP contribution in [0, 0.1) is 0 Å². The standard InChI is InChI=1S/C19H11BrN4/c20-14-8-2-1-5-11(14)19-23-17-12-6-3-9-21-15(12)16-13(18(17)24-19)7-4-10-22-16/h1-10H,(H,23,24). The van der Waals surface area contributed by atoms with Gasteiger partial charge in [-0.2, -0.15) is 0 Å². The molecular formula is C19H11BrN4. The molecule has 0 fully saturated rings. The third kappa shape index (κ3) is 1.88. The average Bonchev–Trinajstić information content (AvgIpc) is 3.08. The number of rotatable bonds is 1. The van der Waals surface area contributed by atoms with E-state index >= 15 is 0 Å². The summed E-state index contributed by atoms with van der Waals surface area (Å²) in [4.78, 5) is 17.4. The molecule has 2 aromatic carbocycles. The number of halogens is 1. The van der Waals surface area contributed by atoms with Crippen molar-refractivity contribution in [1.82, 2.24) is 19.9 Å². The lowest BCUT2D eigenvalue weighted by atomic mass is 10.1. The Kier molecular flexibility index (Phi) is 2.90. The molecule has 5 aromatic rings. The SMILES string of the molecule is Brc1ccccc1-c1nc2c3cccnc3c3ncccc3c2[nH]1. The van der Waals surface area contributed by atoms with Crippen LogP contribution in [0.5, 0.6) is 0 Å². The van der Waals surface area contributed by atoms with Gasteiger partial charge in [-0.25, -0.2) is 4.98 Å². The Hall–Kier alpha value is -2.79. The minimum atomic E-state index is 0.832. The van der Waals surface area contributed by atoms with E-state index in [4.69, 9.17) is 4.98 Å². The molecule has 0 aliphatic heterocycles. The molecule has 0 saturated heterocycles. The van der Waals surface area contributed by atoms with Gasteiger partial charge in [0.15, 0.2) is 0 Å². The third-order valence-corrected chi connectivity index (χ3v) is 4.89. The summed E-state index contributed by atoms with van der Waals surface area (Å²) < 4.78 is 1.01. The van der Waals surface area contributed by atoms with Gasteiger partial charge in [0.1, 0.15) is 5.82 Å². The van der Waals surface area contributed by atoms with Crippen LogP contribution in [0.4, 0.5) is 0 Å². The minimum absolute atomic E-state index is 0.832. The quantitative estimate of drug-likeness (QED) is 0.415. The summed E-state index contributed by atoms with van der Waals surface area (Å²) >= 11 is 3.61. The molecule has 0 unspecified atom stereocenters. The normalized spacial score (nSPS) is 11.5. The number of aromatic nitrogens is 4. The second-order valence-electron chi connectivity index (χ2n) is 5.59. The highest BCUT2D eigenvalue weighted by Gasteiger charge is 2.15. The van der Waals surface area contributed by atoms with Crippen molar-refractivity contribution < 1.29 is 0 Å². The Morgan fingerprint density at radius 2 is 1.46 bits per heavy atom. The van der Waals surface area contributed by atoms with Gasteiger partial charge in [0.05, 0.1) is 22.1 Å². The Labute approximate surface area is 145 Å². The molecule has 0 atom stereocenters. The highest BCUT2D eigenvalue weighted by Crippen LogP contribution is 2.34. The van der Waals surface area contributed by atoms with E-state index < -0.39 is 0 Å². The molecule has 0 saturated carbocycles. The second-order valence-corrected chi connectivity index (χ2v) is 6.44. The summed E-state index contributed by atoms with van der Waals surface area (Å²) in [6.45, 7) is 0. The second kappa shape index (κ2) is 5.11. The Morgan fingerprint density at radius 1 is 0.750 bits per heavy atom. The molecule has 3 aromatic heterocycles. The molecule has 4 nitrogen and oxygen atoms in total. The van der Waals surface area contributed by atoms with E-state index in [1.165, 1.54) is 0 Å². The largest absolute Gasteiger partial charge is 0.337 e. The van der Waals surface area contributed by atoms with E-state index in [9.17, 15) is 0 Å². The molecule has 0 amide bonds. The number of H-pyrrole nitrogens is 1. The van der Waals surface area contributed by atoms with Gasteiger partial charge in [-0.3, -0.25) is 9.97 Å². The Morgan fingerprint density at radius 3 is 2.25 bits per heavy atom. The maximum atomic E-state index is 4.87. The number of hydrogen-bond acceptors (Lipinski definition) is 3. The molecular weight excluding hydrogens is 364 g/mol. The monoisotopic (exact) mass is 374 g/mol. The predicted octanol–water partition coefficient (Wildman–Crippen LogP) is 5.09. The van der Waals surface area contributed by atoms with E-state index in [1.54, 1.807) is 12.4 Å². The van der Waals surface area contributed by atoms with Crippen molar-refractivity contribution in [2.24, 2.45) is 0 Å². The van der Waals surface area contributed by atoms with Crippen LogP contribution in [0.1, 0.15) is 0 Å². The number of aromatic amines is 1. The summed E-state index contributed by atoms with van der Waals surface area (Å²) in [5, 5.41) is 2.04. The highest BCUT2D eigenvalue weighted by atomic mass is 79.9. The topological polar surface area (TPSA) is 54.5 Å². The van der Waals surface area contributed by atoms with Crippen LogP contribution >= 0.6 is 15.9 Å². The number of nitrogens with one attached hydrogen (secondary N) is 1. The first-order valence-electron chi connectivity index (χ1n) is 7.59. The lowest BCUT2D eigenvalue weighted by molar-refractivity contribution is 1.33. The number of fused-ring (bicyclic) bond motifs is 6. The van der Waals surface area contributed by atoms with Crippen molar-refractivity contribution in [1.29, 1.82) is 0 Å². The molecule has 0 bridgehead atoms.